The molecule has 148 valence electrons. The SMILES string of the molecule is O=C1/C(=C/c2cccc(O)c2)c2ccccc2C(=O)N1Cc1ccc2c(c1)OCO2. The number of nitrogens with zero attached hydrogens (tertiary/aromatic N) is 1. The van der Waals surface area contributed by atoms with Gasteiger partial charge in [-0.1, -0.05) is 36.4 Å². The van der Waals surface area contributed by atoms with Crippen LogP contribution in [-0.4, -0.2) is 28.6 Å². The summed E-state index contributed by atoms with van der Waals surface area (Å²) in [4.78, 5) is 27.7. The highest BCUT2D eigenvalue weighted by Gasteiger charge is 2.34. The fraction of sp³-hybridized carbons (Fsp3) is 0.0833. The molecule has 2 aliphatic rings. The Hall–Kier alpha value is -4.06. The molecule has 0 aromatic heterocycles. The molecule has 0 unspecified atom stereocenters. The number of fused-ring (bicyclic) bond motifs is 2. The summed E-state index contributed by atoms with van der Waals surface area (Å²) in [5, 5.41) is 9.77. The fourth-order valence-corrected chi connectivity index (χ4v) is 3.69. The molecule has 1 N–H and O–H groups in total. The topological polar surface area (TPSA) is 76.1 Å². The normalized spacial score (nSPS) is 16.1. The number of hydrogen-bond donors (Lipinski definition) is 1. The Kier molecular flexibility index (Phi) is 4.25. The van der Waals surface area contributed by atoms with Crippen LogP contribution in [-0.2, 0) is 11.3 Å². The van der Waals surface area contributed by atoms with E-state index in [4.69, 9.17) is 9.47 Å². The van der Waals surface area contributed by atoms with Gasteiger partial charge in [0, 0.05) is 11.1 Å². The van der Waals surface area contributed by atoms with Gasteiger partial charge in [0.05, 0.1) is 6.54 Å². The number of ether oxygens (including phenoxy) is 2. The van der Waals surface area contributed by atoms with Crippen molar-refractivity contribution in [3.8, 4) is 17.2 Å². The molecule has 6 nitrogen and oxygen atoms in total. The van der Waals surface area contributed by atoms with Crippen LogP contribution in [0.25, 0.3) is 11.6 Å². The van der Waals surface area contributed by atoms with Crippen LogP contribution < -0.4 is 9.47 Å². The van der Waals surface area contributed by atoms with Crippen LogP contribution in [0.3, 0.4) is 0 Å². The number of benzene rings is 3. The van der Waals surface area contributed by atoms with Crippen LogP contribution in [0.1, 0.15) is 27.0 Å². The summed E-state index contributed by atoms with van der Waals surface area (Å²) in [7, 11) is 0. The third-order valence-corrected chi connectivity index (χ3v) is 5.13. The summed E-state index contributed by atoms with van der Waals surface area (Å²) in [6.45, 7) is 0.268. The van der Waals surface area contributed by atoms with Crippen molar-refractivity contribution >= 4 is 23.5 Å². The summed E-state index contributed by atoms with van der Waals surface area (Å²) >= 11 is 0. The zero-order valence-electron chi connectivity index (χ0n) is 15.9. The predicted molar refractivity (Wildman–Crippen MR) is 110 cm³/mol. The lowest BCUT2D eigenvalue weighted by Gasteiger charge is -2.28. The summed E-state index contributed by atoms with van der Waals surface area (Å²) in [6.07, 6.45) is 1.69. The monoisotopic (exact) mass is 399 g/mol. The van der Waals surface area contributed by atoms with Gasteiger partial charge in [0.15, 0.2) is 11.5 Å². The Morgan fingerprint density at radius 1 is 0.867 bits per heavy atom. The van der Waals surface area contributed by atoms with Gasteiger partial charge in [-0.05, 0) is 53.1 Å². The molecule has 0 saturated heterocycles. The Balaban J connectivity index is 1.56. The first-order chi connectivity index (χ1) is 14.6. The minimum Gasteiger partial charge on any atom is -0.508 e. The largest absolute Gasteiger partial charge is 0.508 e. The Morgan fingerprint density at radius 2 is 1.67 bits per heavy atom. The number of carbonyl (C=O) groups excluding carboxylic acids is 2. The van der Waals surface area contributed by atoms with Crippen LogP contribution in [0.15, 0.2) is 66.7 Å². The quantitative estimate of drug-likeness (QED) is 0.535. The van der Waals surface area contributed by atoms with Gasteiger partial charge < -0.3 is 14.6 Å². The summed E-state index contributed by atoms with van der Waals surface area (Å²) in [5.41, 5.74) is 2.88. The lowest BCUT2D eigenvalue weighted by Crippen LogP contribution is -2.41. The third kappa shape index (κ3) is 3.08. The zero-order valence-corrected chi connectivity index (χ0v) is 15.9. The molecular formula is C24H17NO5. The van der Waals surface area contributed by atoms with E-state index in [1.165, 1.54) is 4.90 Å². The van der Waals surface area contributed by atoms with Gasteiger partial charge in [-0.25, -0.2) is 0 Å². The molecule has 5 rings (SSSR count). The Bertz CT molecular complexity index is 1210. The molecule has 0 saturated carbocycles. The average molecular weight is 399 g/mol. The van der Waals surface area contributed by atoms with Gasteiger partial charge in [0.1, 0.15) is 5.75 Å². The predicted octanol–water partition coefficient (Wildman–Crippen LogP) is 3.84. The van der Waals surface area contributed by atoms with Gasteiger partial charge >= 0.3 is 0 Å². The molecule has 0 fully saturated rings. The molecule has 3 aromatic carbocycles. The molecular weight excluding hydrogens is 382 g/mol. The van der Waals surface area contributed by atoms with E-state index >= 15 is 0 Å². The molecule has 0 radical (unpaired) electrons. The minimum atomic E-state index is -0.389. The smallest absolute Gasteiger partial charge is 0.261 e. The first kappa shape index (κ1) is 18.0. The second-order valence-electron chi connectivity index (χ2n) is 7.08. The van der Waals surface area contributed by atoms with Gasteiger partial charge in [0.25, 0.3) is 11.8 Å². The number of imide groups is 1. The average Bonchev–Trinajstić information content (AvgIpc) is 3.22. The highest BCUT2D eigenvalue weighted by Crippen LogP contribution is 2.35. The van der Waals surface area contributed by atoms with Crippen molar-refractivity contribution in [1.82, 2.24) is 4.90 Å². The van der Waals surface area contributed by atoms with Gasteiger partial charge in [0.2, 0.25) is 6.79 Å². The Labute approximate surface area is 172 Å². The molecule has 6 heteroatoms. The zero-order chi connectivity index (χ0) is 20.7. The summed E-state index contributed by atoms with van der Waals surface area (Å²) < 4.78 is 10.7. The van der Waals surface area contributed by atoms with E-state index in [-0.39, 0.29) is 30.9 Å². The second kappa shape index (κ2) is 7.08. The van der Waals surface area contributed by atoms with E-state index in [1.807, 2.05) is 6.07 Å². The van der Waals surface area contributed by atoms with Crippen molar-refractivity contribution in [2.45, 2.75) is 6.54 Å². The second-order valence-corrected chi connectivity index (χ2v) is 7.08. The van der Waals surface area contributed by atoms with E-state index in [0.29, 0.717) is 33.8 Å². The molecule has 0 atom stereocenters. The number of rotatable bonds is 3. The van der Waals surface area contributed by atoms with Gasteiger partial charge in [-0.2, -0.15) is 0 Å². The van der Waals surface area contributed by atoms with Crippen molar-refractivity contribution in [1.29, 1.82) is 0 Å². The lowest BCUT2D eigenvalue weighted by atomic mass is 9.91. The van der Waals surface area contributed by atoms with Crippen LogP contribution in [0, 0.1) is 0 Å². The molecule has 2 amide bonds. The maximum absolute atomic E-state index is 13.3. The van der Waals surface area contributed by atoms with Crippen molar-refractivity contribution in [3.05, 3.63) is 89.0 Å². The van der Waals surface area contributed by atoms with Crippen molar-refractivity contribution in [2.75, 3.05) is 6.79 Å². The Morgan fingerprint density at radius 3 is 2.50 bits per heavy atom. The van der Waals surface area contributed by atoms with Crippen molar-refractivity contribution < 1.29 is 24.2 Å². The van der Waals surface area contributed by atoms with E-state index in [2.05, 4.69) is 0 Å². The highest BCUT2D eigenvalue weighted by atomic mass is 16.7. The van der Waals surface area contributed by atoms with E-state index in [9.17, 15) is 14.7 Å². The number of phenolic OH excluding ortho intramolecular Hbond substituents is 1. The summed E-state index contributed by atoms with van der Waals surface area (Å²) in [6, 6.07) is 19.0. The molecule has 30 heavy (non-hydrogen) atoms. The maximum Gasteiger partial charge on any atom is 0.261 e. The molecule has 3 aromatic rings. The molecule has 0 aliphatic carbocycles. The maximum atomic E-state index is 13.3. The number of hydrogen-bond acceptors (Lipinski definition) is 5. The van der Waals surface area contributed by atoms with Crippen LogP contribution in [0.4, 0.5) is 0 Å². The molecule has 0 bridgehead atoms. The van der Waals surface area contributed by atoms with Crippen molar-refractivity contribution in [3.63, 3.8) is 0 Å². The van der Waals surface area contributed by atoms with Crippen molar-refractivity contribution in [2.24, 2.45) is 0 Å². The fourth-order valence-electron chi connectivity index (χ4n) is 3.69. The number of phenols is 1. The van der Waals surface area contributed by atoms with Gasteiger partial charge in [-0.15, -0.1) is 0 Å². The molecule has 2 aliphatic heterocycles. The van der Waals surface area contributed by atoms with Gasteiger partial charge in [-0.3, -0.25) is 14.5 Å². The number of aromatic hydroxyl groups is 1. The van der Waals surface area contributed by atoms with E-state index in [0.717, 1.165) is 5.56 Å². The van der Waals surface area contributed by atoms with Crippen LogP contribution in [0.5, 0.6) is 17.2 Å². The van der Waals surface area contributed by atoms with E-state index in [1.54, 1.807) is 66.7 Å². The van der Waals surface area contributed by atoms with Crippen LogP contribution >= 0.6 is 0 Å². The third-order valence-electron chi connectivity index (χ3n) is 5.13. The first-order valence-corrected chi connectivity index (χ1v) is 9.45. The first-order valence-electron chi connectivity index (χ1n) is 9.45. The summed E-state index contributed by atoms with van der Waals surface area (Å²) in [5.74, 6) is 0.611. The van der Waals surface area contributed by atoms with E-state index < -0.39 is 0 Å². The number of amides is 2. The lowest BCUT2D eigenvalue weighted by molar-refractivity contribution is -0.123. The highest BCUT2D eigenvalue weighted by molar-refractivity contribution is 6.33. The standard InChI is InChI=1S/C24H17NO5/c26-17-5-3-4-15(10-17)11-20-18-6-1-2-7-19(18)23(27)25(24(20)28)13-16-8-9-21-22(12-16)30-14-29-21/h1-12,26H,13-14H2/b20-11+. The van der Waals surface area contributed by atoms with Crippen LogP contribution in [0.2, 0.25) is 0 Å². The molecule has 0 spiro atoms. The minimum absolute atomic E-state index is 0.106. The number of carbonyl (C=O) groups is 2. The molecule has 2 heterocycles.